The molecule has 8 nitrogen and oxygen atoms in total. The number of rotatable bonds is 4. The Morgan fingerprint density at radius 1 is 1.04 bits per heavy atom. The third-order valence-corrected chi connectivity index (χ3v) is 2.77. The van der Waals surface area contributed by atoms with E-state index in [1.807, 2.05) is 0 Å². The van der Waals surface area contributed by atoms with Crippen molar-refractivity contribution in [1.82, 2.24) is 15.8 Å². The van der Waals surface area contributed by atoms with Crippen LogP contribution in [0.1, 0.15) is 15.9 Å². The SMILES string of the molecule is O=C(/C=C/c1ccc([N+](=O)[O-])cc1)NNC(=O)c1ccncc1. The second-order valence-electron chi connectivity index (χ2n) is 4.36. The normalized spacial score (nSPS) is 10.3. The fourth-order valence-corrected chi connectivity index (χ4v) is 1.61. The minimum Gasteiger partial charge on any atom is -0.268 e. The van der Waals surface area contributed by atoms with E-state index in [2.05, 4.69) is 15.8 Å². The maximum Gasteiger partial charge on any atom is 0.269 e. The molecule has 8 heteroatoms. The number of non-ortho nitro benzene ring substituents is 1. The first-order valence-electron chi connectivity index (χ1n) is 6.49. The predicted octanol–water partition coefficient (Wildman–Crippen LogP) is 1.46. The Labute approximate surface area is 131 Å². The molecule has 0 radical (unpaired) electrons. The van der Waals surface area contributed by atoms with E-state index in [1.165, 1.54) is 60.9 Å². The van der Waals surface area contributed by atoms with Crippen molar-refractivity contribution in [3.8, 4) is 0 Å². The first-order chi connectivity index (χ1) is 11.1. The predicted molar refractivity (Wildman–Crippen MR) is 82.0 cm³/mol. The van der Waals surface area contributed by atoms with Crippen LogP contribution in [-0.4, -0.2) is 21.7 Å². The van der Waals surface area contributed by atoms with Crippen LogP contribution in [0.25, 0.3) is 6.08 Å². The highest BCUT2D eigenvalue weighted by Gasteiger charge is 2.05. The molecule has 0 aliphatic carbocycles. The number of aromatic nitrogens is 1. The van der Waals surface area contributed by atoms with Gasteiger partial charge in [-0.15, -0.1) is 0 Å². The quantitative estimate of drug-likeness (QED) is 0.504. The fraction of sp³-hybridized carbons (Fsp3) is 0. The zero-order valence-corrected chi connectivity index (χ0v) is 11.8. The molecule has 0 atom stereocenters. The zero-order chi connectivity index (χ0) is 16.7. The smallest absolute Gasteiger partial charge is 0.268 e. The van der Waals surface area contributed by atoms with E-state index in [0.717, 1.165) is 0 Å². The highest BCUT2D eigenvalue weighted by Crippen LogP contribution is 2.12. The molecule has 1 aromatic heterocycles. The molecule has 0 aliphatic heterocycles. The topological polar surface area (TPSA) is 114 Å². The number of benzene rings is 1. The molecule has 2 N–H and O–H groups in total. The third-order valence-electron chi connectivity index (χ3n) is 2.77. The molecule has 1 heterocycles. The van der Waals surface area contributed by atoms with Gasteiger partial charge in [0.15, 0.2) is 0 Å². The van der Waals surface area contributed by atoms with Gasteiger partial charge in [-0.05, 0) is 35.9 Å². The summed E-state index contributed by atoms with van der Waals surface area (Å²) in [4.78, 5) is 37.1. The lowest BCUT2D eigenvalue weighted by molar-refractivity contribution is -0.384. The van der Waals surface area contributed by atoms with E-state index in [1.54, 1.807) is 0 Å². The van der Waals surface area contributed by atoms with Crippen LogP contribution >= 0.6 is 0 Å². The summed E-state index contributed by atoms with van der Waals surface area (Å²) in [5.41, 5.74) is 5.43. The van der Waals surface area contributed by atoms with Gasteiger partial charge in [-0.1, -0.05) is 0 Å². The van der Waals surface area contributed by atoms with Gasteiger partial charge in [-0.25, -0.2) is 0 Å². The van der Waals surface area contributed by atoms with Crippen molar-refractivity contribution in [3.63, 3.8) is 0 Å². The van der Waals surface area contributed by atoms with Crippen molar-refractivity contribution in [2.24, 2.45) is 0 Å². The summed E-state index contributed by atoms with van der Waals surface area (Å²) in [5.74, 6) is -1.00. The van der Waals surface area contributed by atoms with Crippen molar-refractivity contribution >= 4 is 23.6 Å². The molecule has 2 amide bonds. The first kappa shape index (κ1) is 15.8. The minimum absolute atomic E-state index is 0.0313. The summed E-state index contributed by atoms with van der Waals surface area (Å²) in [6, 6.07) is 8.71. The van der Waals surface area contributed by atoms with Gasteiger partial charge >= 0.3 is 0 Å². The van der Waals surface area contributed by atoms with Crippen molar-refractivity contribution < 1.29 is 14.5 Å². The number of nitrogens with one attached hydrogen (secondary N) is 2. The molecule has 0 bridgehead atoms. The number of carbonyl (C=O) groups is 2. The number of nitro benzene ring substituents is 1. The molecule has 1 aromatic carbocycles. The lowest BCUT2D eigenvalue weighted by Gasteiger charge is -2.04. The number of pyridine rings is 1. The molecular formula is C15H12N4O4. The van der Waals surface area contributed by atoms with Crippen LogP contribution in [-0.2, 0) is 4.79 Å². The lowest BCUT2D eigenvalue weighted by atomic mass is 10.2. The molecule has 0 fully saturated rings. The van der Waals surface area contributed by atoms with Crippen LogP contribution in [0, 0.1) is 10.1 Å². The molecule has 0 saturated carbocycles. The highest BCUT2D eigenvalue weighted by molar-refractivity contribution is 5.97. The Morgan fingerprint density at radius 3 is 2.30 bits per heavy atom. The Balaban J connectivity index is 1.87. The number of carbonyl (C=O) groups excluding carboxylic acids is 2. The lowest BCUT2D eigenvalue weighted by Crippen LogP contribution is -2.40. The van der Waals surface area contributed by atoms with Gasteiger partial charge in [0.2, 0.25) is 0 Å². The molecule has 2 aromatic rings. The van der Waals surface area contributed by atoms with E-state index in [4.69, 9.17) is 0 Å². The molecule has 116 valence electrons. The molecule has 0 spiro atoms. The van der Waals surface area contributed by atoms with Crippen LogP contribution in [0.5, 0.6) is 0 Å². The molecule has 23 heavy (non-hydrogen) atoms. The Morgan fingerprint density at radius 2 is 1.70 bits per heavy atom. The average molecular weight is 312 g/mol. The zero-order valence-electron chi connectivity index (χ0n) is 11.8. The van der Waals surface area contributed by atoms with Crippen molar-refractivity contribution in [2.45, 2.75) is 0 Å². The second kappa shape index (κ2) is 7.46. The number of nitrogens with zero attached hydrogens (tertiary/aromatic N) is 2. The average Bonchev–Trinajstić information content (AvgIpc) is 2.59. The van der Waals surface area contributed by atoms with Gasteiger partial charge in [0.1, 0.15) is 0 Å². The molecule has 0 saturated heterocycles. The van der Waals surface area contributed by atoms with Crippen LogP contribution in [0.3, 0.4) is 0 Å². The number of hydrogen-bond donors (Lipinski definition) is 2. The van der Waals surface area contributed by atoms with E-state index in [0.29, 0.717) is 11.1 Å². The highest BCUT2D eigenvalue weighted by atomic mass is 16.6. The molecule has 0 unspecified atom stereocenters. The Bertz CT molecular complexity index is 742. The van der Waals surface area contributed by atoms with E-state index in [9.17, 15) is 19.7 Å². The largest absolute Gasteiger partial charge is 0.269 e. The van der Waals surface area contributed by atoms with E-state index >= 15 is 0 Å². The van der Waals surface area contributed by atoms with Crippen molar-refractivity contribution in [2.75, 3.05) is 0 Å². The van der Waals surface area contributed by atoms with Crippen LogP contribution in [0.4, 0.5) is 5.69 Å². The maximum atomic E-state index is 11.7. The fourth-order valence-electron chi connectivity index (χ4n) is 1.61. The van der Waals surface area contributed by atoms with E-state index < -0.39 is 16.7 Å². The summed E-state index contributed by atoms with van der Waals surface area (Å²) in [5, 5.41) is 10.5. The third kappa shape index (κ3) is 4.74. The number of hydrogen-bond acceptors (Lipinski definition) is 5. The minimum atomic E-state index is -0.536. The van der Waals surface area contributed by atoms with Crippen LogP contribution < -0.4 is 10.9 Å². The van der Waals surface area contributed by atoms with Crippen molar-refractivity contribution in [3.05, 3.63) is 76.1 Å². The van der Waals surface area contributed by atoms with Crippen molar-refractivity contribution in [1.29, 1.82) is 0 Å². The molecule has 0 aliphatic rings. The van der Waals surface area contributed by atoms with Gasteiger partial charge in [-0.2, -0.15) is 0 Å². The summed E-state index contributed by atoms with van der Waals surface area (Å²) >= 11 is 0. The maximum absolute atomic E-state index is 11.7. The second-order valence-corrected chi connectivity index (χ2v) is 4.36. The number of amides is 2. The first-order valence-corrected chi connectivity index (χ1v) is 6.49. The Kier molecular flexibility index (Phi) is 5.13. The van der Waals surface area contributed by atoms with Gasteiger partial charge in [-0.3, -0.25) is 35.5 Å². The van der Waals surface area contributed by atoms with Gasteiger partial charge in [0.25, 0.3) is 17.5 Å². The molecule has 2 rings (SSSR count). The van der Waals surface area contributed by atoms with Crippen LogP contribution in [0.2, 0.25) is 0 Å². The monoisotopic (exact) mass is 312 g/mol. The summed E-state index contributed by atoms with van der Waals surface area (Å²) < 4.78 is 0. The summed E-state index contributed by atoms with van der Waals surface area (Å²) in [6.45, 7) is 0. The Hall–Kier alpha value is -3.55. The number of nitro groups is 1. The summed E-state index contributed by atoms with van der Waals surface area (Å²) in [6.07, 6.45) is 5.60. The van der Waals surface area contributed by atoms with Gasteiger partial charge in [0, 0.05) is 36.2 Å². The van der Waals surface area contributed by atoms with Crippen LogP contribution in [0.15, 0.2) is 54.9 Å². The molecular weight excluding hydrogens is 300 g/mol. The van der Waals surface area contributed by atoms with E-state index in [-0.39, 0.29) is 5.69 Å². The summed E-state index contributed by atoms with van der Waals surface area (Å²) in [7, 11) is 0. The number of hydrazine groups is 1. The van der Waals surface area contributed by atoms with Gasteiger partial charge in [0.05, 0.1) is 4.92 Å². The van der Waals surface area contributed by atoms with Gasteiger partial charge < -0.3 is 0 Å². The standard InChI is InChI=1S/C15H12N4O4/c20-14(17-18-15(21)12-7-9-16-10-8-12)6-3-11-1-4-13(5-2-11)19(22)23/h1-10H,(H,17,20)(H,18,21)/b6-3+.